The Labute approximate surface area is 178 Å². The van der Waals surface area contributed by atoms with Gasteiger partial charge in [0.2, 0.25) is 0 Å². The summed E-state index contributed by atoms with van der Waals surface area (Å²) < 4.78 is 34.9. The minimum atomic E-state index is -3.84. The van der Waals surface area contributed by atoms with Gasteiger partial charge in [0.1, 0.15) is 5.75 Å². The molecule has 0 aromatic heterocycles. The summed E-state index contributed by atoms with van der Waals surface area (Å²) in [5.74, 6) is -1.45. The molecule has 0 aliphatic carbocycles. The smallest absolute Gasteiger partial charge is 0.307 e. The van der Waals surface area contributed by atoms with Crippen molar-refractivity contribution in [3.05, 3.63) is 52.5 Å². The fourth-order valence-electron chi connectivity index (χ4n) is 2.30. The lowest BCUT2D eigenvalue weighted by molar-refractivity contribution is -0.146. The second-order valence-corrected chi connectivity index (χ2v) is 8.70. The zero-order valence-corrected chi connectivity index (χ0v) is 17.8. The van der Waals surface area contributed by atoms with E-state index in [-0.39, 0.29) is 14.9 Å². The van der Waals surface area contributed by atoms with Gasteiger partial charge < -0.3 is 14.8 Å². The number of hydrogen-bond acceptors (Lipinski definition) is 6. The molecule has 0 bridgehead atoms. The van der Waals surface area contributed by atoms with E-state index >= 15 is 0 Å². The molecule has 2 aromatic carbocycles. The van der Waals surface area contributed by atoms with E-state index in [2.05, 4.69) is 5.32 Å². The van der Waals surface area contributed by atoms with Gasteiger partial charge in [-0.15, -0.1) is 0 Å². The van der Waals surface area contributed by atoms with Crippen LogP contribution in [0.4, 0.5) is 5.69 Å². The molecule has 0 unspecified atom stereocenters. The van der Waals surface area contributed by atoms with Crippen LogP contribution >= 0.6 is 23.2 Å². The third-order valence-electron chi connectivity index (χ3n) is 3.63. The lowest BCUT2D eigenvalue weighted by Gasteiger charge is -2.11. The second kappa shape index (κ2) is 10.5. The van der Waals surface area contributed by atoms with Crippen molar-refractivity contribution in [2.24, 2.45) is 0 Å². The SMILES string of the molecule is CCOc1ccccc1NC(=O)COC(=O)CCS(=O)(=O)c1cc(Cl)ccc1Cl. The Morgan fingerprint density at radius 3 is 2.55 bits per heavy atom. The lowest BCUT2D eigenvalue weighted by atomic mass is 10.3. The van der Waals surface area contributed by atoms with Gasteiger partial charge in [-0.3, -0.25) is 9.59 Å². The first kappa shape index (κ1) is 23.0. The van der Waals surface area contributed by atoms with Crippen LogP contribution in [0.25, 0.3) is 0 Å². The molecule has 0 aliphatic heterocycles. The predicted molar refractivity (Wildman–Crippen MR) is 110 cm³/mol. The standard InChI is InChI=1S/C19H19Cl2NO6S/c1-2-27-16-6-4-3-5-15(16)22-18(23)12-28-19(24)9-10-29(25,26)17-11-13(20)7-8-14(17)21/h3-8,11H,2,9-10,12H2,1H3,(H,22,23). The molecule has 2 rings (SSSR count). The average Bonchev–Trinajstić information content (AvgIpc) is 2.68. The summed E-state index contributed by atoms with van der Waals surface area (Å²) in [4.78, 5) is 23.7. The van der Waals surface area contributed by atoms with Gasteiger partial charge in [0.25, 0.3) is 5.91 Å². The van der Waals surface area contributed by atoms with Crippen LogP contribution in [-0.4, -0.2) is 39.3 Å². The molecule has 10 heteroatoms. The highest BCUT2D eigenvalue weighted by Crippen LogP contribution is 2.26. The van der Waals surface area contributed by atoms with Gasteiger partial charge >= 0.3 is 5.97 Å². The molecular formula is C19H19Cl2NO6S. The molecule has 2 aromatic rings. The summed E-state index contributed by atoms with van der Waals surface area (Å²) in [5.41, 5.74) is 0.438. The van der Waals surface area contributed by atoms with Crippen LogP contribution in [0.15, 0.2) is 47.4 Å². The van der Waals surface area contributed by atoms with Crippen molar-refractivity contribution in [3.63, 3.8) is 0 Å². The number of anilines is 1. The van der Waals surface area contributed by atoms with Crippen molar-refractivity contribution >= 4 is 50.6 Å². The van der Waals surface area contributed by atoms with Gasteiger partial charge in [0.15, 0.2) is 16.4 Å². The molecule has 0 saturated carbocycles. The molecule has 0 aliphatic rings. The van der Waals surface area contributed by atoms with Gasteiger partial charge in [-0.25, -0.2) is 8.42 Å². The van der Waals surface area contributed by atoms with E-state index in [1.807, 2.05) is 6.92 Å². The molecule has 7 nitrogen and oxygen atoms in total. The normalized spacial score (nSPS) is 11.0. The van der Waals surface area contributed by atoms with Crippen molar-refractivity contribution in [1.29, 1.82) is 0 Å². The van der Waals surface area contributed by atoms with Crippen LogP contribution in [0.3, 0.4) is 0 Å². The lowest BCUT2D eigenvalue weighted by Crippen LogP contribution is -2.22. The largest absolute Gasteiger partial charge is 0.492 e. The topological polar surface area (TPSA) is 98.8 Å². The number of carbonyl (C=O) groups is 2. The molecule has 0 radical (unpaired) electrons. The van der Waals surface area contributed by atoms with Crippen molar-refractivity contribution in [1.82, 2.24) is 0 Å². The fourth-order valence-corrected chi connectivity index (χ4v) is 4.33. The molecule has 1 amide bonds. The number of benzene rings is 2. The third-order valence-corrected chi connectivity index (χ3v) is 6.05. The van der Waals surface area contributed by atoms with Crippen molar-refractivity contribution < 1.29 is 27.5 Å². The molecule has 0 heterocycles. The molecule has 0 saturated heterocycles. The quantitative estimate of drug-likeness (QED) is 0.573. The summed E-state index contributed by atoms with van der Waals surface area (Å²) >= 11 is 11.7. The molecule has 0 fully saturated rings. The highest BCUT2D eigenvalue weighted by Gasteiger charge is 2.21. The van der Waals surface area contributed by atoms with Crippen molar-refractivity contribution in [3.8, 4) is 5.75 Å². The number of halogens is 2. The van der Waals surface area contributed by atoms with Crippen LogP contribution < -0.4 is 10.1 Å². The number of para-hydroxylation sites is 2. The summed E-state index contributed by atoms with van der Waals surface area (Å²) in [6.45, 7) is 1.68. The van der Waals surface area contributed by atoms with Crippen LogP contribution in [-0.2, 0) is 24.2 Å². The summed E-state index contributed by atoms with van der Waals surface area (Å²) in [7, 11) is -3.84. The second-order valence-electron chi connectivity index (χ2n) is 5.78. The zero-order valence-electron chi connectivity index (χ0n) is 15.5. The number of amides is 1. The Kier molecular flexibility index (Phi) is 8.31. The van der Waals surface area contributed by atoms with E-state index in [1.54, 1.807) is 24.3 Å². The first-order valence-corrected chi connectivity index (χ1v) is 11.0. The number of carbonyl (C=O) groups excluding carboxylic acids is 2. The Hall–Kier alpha value is -2.29. The van der Waals surface area contributed by atoms with Gasteiger partial charge in [-0.2, -0.15) is 0 Å². The number of nitrogens with one attached hydrogen (secondary N) is 1. The van der Waals surface area contributed by atoms with Gasteiger partial charge in [0, 0.05) is 5.02 Å². The maximum absolute atomic E-state index is 12.3. The fraction of sp³-hybridized carbons (Fsp3) is 0.263. The van der Waals surface area contributed by atoms with Gasteiger partial charge in [-0.1, -0.05) is 35.3 Å². The van der Waals surface area contributed by atoms with E-state index in [1.165, 1.54) is 18.2 Å². The minimum absolute atomic E-state index is 0.00936. The Bertz CT molecular complexity index is 994. The third kappa shape index (κ3) is 6.92. The van der Waals surface area contributed by atoms with E-state index in [9.17, 15) is 18.0 Å². The van der Waals surface area contributed by atoms with Crippen LogP contribution in [0.5, 0.6) is 5.75 Å². The van der Waals surface area contributed by atoms with E-state index in [0.717, 1.165) is 0 Å². The molecule has 156 valence electrons. The van der Waals surface area contributed by atoms with Crippen LogP contribution in [0.1, 0.15) is 13.3 Å². The summed E-state index contributed by atoms with van der Waals surface area (Å²) in [6.07, 6.45) is -0.437. The first-order chi connectivity index (χ1) is 13.7. The summed E-state index contributed by atoms with van der Waals surface area (Å²) in [5, 5.41) is 2.79. The Balaban J connectivity index is 1.87. The molecular weight excluding hydrogens is 441 g/mol. The Morgan fingerprint density at radius 2 is 1.83 bits per heavy atom. The minimum Gasteiger partial charge on any atom is -0.492 e. The van der Waals surface area contributed by atoms with Gasteiger partial charge in [-0.05, 0) is 37.3 Å². The van der Waals surface area contributed by atoms with Crippen molar-refractivity contribution in [2.45, 2.75) is 18.2 Å². The first-order valence-electron chi connectivity index (χ1n) is 8.58. The average molecular weight is 460 g/mol. The maximum atomic E-state index is 12.3. The number of sulfone groups is 1. The predicted octanol–water partition coefficient (Wildman–Crippen LogP) is 3.74. The monoisotopic (exact) mass is 459 g/mol. The van der Waals surface area contributed by atoms with Crippen LogP contribution in [0.2, 0.25) is 10.0 Å². The maximum Gasteiger partial charge on any atom is 0.307 e. The zero-order chi connectivity index (χ0) is 21.4. The van der Waals surface area contributed by atoms with Gasteiger partial charge in [0.05, 0.1) is 34.4 Å². The number of ether oxygens (including phenoxy) is 2. The molecule has 0 atom stereocenters. The molecule has 0 spiro atoms. The van der Waals surface area contributed by atoms with Crippen LogP contribution in [0, 0.1) is 0 Å². The Morgan fingerprint density at radius 1 is 1.10 bits per heavy atom. The number of rotatable bonds is 9. The highest BCUT2D eigenvalue weighted by atomic mass is 35.5. The molecule has 29 heavy (non-hydrogen) atoms. The number of esters is 1. The van der Waals surface area contributed by atoms with E-state index in [0.29, 0.717) is 18.0 Å². The van der Waals surface area contributed by atoms with E-state index < -0.39 is 40.5 Å². The summed E-state index contributed by atoms with van der Waals surface area (Å²) in [6, 6.07) is 10.8. The van der Waals surface area contributed by atoms with E-state index in [4.69, 9.17) is 32.7 Å². The van der Waals surface area contributed by atoms with Crippen molar-refractivity contribution in [2.75, 3.05) is 24.3 Å². The highest BCUT2D eigenvalue weighted by molar-refractivity contribution is 7.91. The molecule has 1 N–H and O–H groups in total. The number of hydrogen-bond donors (Lipinski definition) is 1.